The van der Waals surface area contributed by atoms with E-state index in [0.717, 1.165) is 0 Å². The maximum Gasteiger partial charge on any atom is 0.255 e. The van der Waals surface area contributed by atoms with E-state index in [1.165, 1.54) is 41.3 Å². The summed E-state index contributed by atoms with van der Waals surface area (Å²) in [7, 11) is -2.20. The minimum atomic E-state index is -3.76. The van der Waals surface area contributed by atoms with Gasteiger partial charge in [-0.05, 0) is 48.5 Å². The standard InChI is InChI=1S/C22H22N6O5S/c1-33-19-7-5-17(6-8-19)26-21(29)15-28-14-18(13-24-28)27-22(30)16-3-9-20(10-4-16)34(31,32)25-12-2-11-23/h3-10,13-14,25H,2,12,15H2,1H3,(H,26,29)(H,27,30). The van der Waals surface area contributed by atoms with Crippen LogP contribution < -0.4 is 20.1 Å². The van der Waals surface area contributed by atoms with E-state index in [0.29, 0.717) is 17.1 Å². The lowest BCUT2D eigenvalue weighted by atomic mass is 10.2. The quantitative estimate of drug-likeness (QED) is 0.373. The van der Waals surface area contributed by atoms with E-state index in [4.69, 9.17) is 10.00 Å². The molecule has 176 valence electrons. The molecular formula is C22H22N6O5S. The van der Waals surface area contributed by atoms with Gasteiger partial charge in [-0.15, -0.1) is 0 Å². The van der Waals surface area contributed by atoms with Gasteiger partial charge in [-0.3, -0.25) is 14.3 Å². The monoisotopic (exact) mass is 482 g/mol. The van der Waals surface area contributed by atoms with Crippen molar-refractivity contribution in [2.75, 3.05) is 24.3 Å². The van der Waals surface area contributed by atoms with Crippen LogP contribution in [0.5, 0.6) is 5.75 Å². The van der Waals surface area contributed by atoms with Gasteiger partial charge in [-0.25, -0.2) is 13.1 Å². The van der Waals surface area contributed by atoms with E-state index < -0.39 is 15.9 Å². The minimum absolute atomic E-state index is 0.00315. The summed E-state index contributed by atoms with van der Waals surface area (Å²) in [5.74, 6) is -0.0936. The number of nitrogens with one attached hydrogen (secondary N) is 3. The Morgan fingerprint density at radius 1 is 1.06 bits per heavy atom. The second-order valence-corrected chi connectivity index (χ2v) is 8.75. The molecule has 3 rings (SSSR count). The van der Waals surface area contributed by atoms with E-state index >= 15 is 0 Å². The first-order chi connectivity index (χ1) is 16.3. The number of sulfonamides is 1. The predicted molar refractivity (Wildman–Crippen MR) is 124 cm³/mol. The number of carbonyl (C=O) groups is 2. The van der Waals surface area contributed by atoms with Gasteiger partial charge in [0.2, 0.25) is 15.9 Å². The highest BCUT2D eigenvalue weighted by Gasteiger charge is 2.15. The van der Waals surface area contributed by atoms with Crippen molar-refractivity contribution in [3.8, 4) is 11.8 Å². The molecule has 0 radical (unpaired) electrons. The fraction of sp³-hybridized carbons (Fsp3) is 0.182. The Kier molecular flexibility index (Phi) is 7.96. The zero-order valence-electron chi connectivity index (χ0n) is 18.2. The number of methoxy groups -OCH3 is 1. The molecule has 0 saturated heterocycles. The first-order valence-electron chi connectivity index (χ1n) is 10.0. The van der Waals surface area contributed by atoms with Crippen LogP contribution in [-0.4, -0.2) is 43.7 Å². The molecule has 3 N–H and O–H groups in total. The predicted octanol–water partition coefficient (Wildman–Crippen LogP) is 1.97. The highest BCUT2D eigenvalue weighted by atomic mass is 32.2. The largest absolute Gasteiger partial charge is 0.497 e. The normalized spacial score (nSPS) is 10.8. The maximum absolute atomic E-state index is 12.5. The Hall–Kier alpha value is -4.21. The third kappa shape index (κ3) is 6.64. The number of anilines is 2. The van der Waals surface area contributed by atoms with Gasteiger partial charge in [0.15, 0.2) is 0 Å². The molecule has 0 atom stereocenters. The molecule has 0 saturated carbocycles. The van der Waals surface area contributed by atoms with E-state index in [9.17, 15) is 18.0 Å². The van der Waals surface area contributed by atoms with E-state index in [2.05, 4.69) is 20.5 Å². The average Bonchev–Trinajstić information content (AvgIpc) is 3.26. The van der Waals surface area contributed by atoms with Crippen molar-refractivity contribution < 1.29 is 22.7 Å². The first kappa shape index (κ1) is 24.4. The van der Waals surface area contributed by atoms with Crippen molar-refractivity contribution in [2.24, 2.45) is 0 Å². The summed E-state index contributed by atoms with van der Waals surface area (Å²) >= 11 is 0. The van der Waals surface area contributed by atoms with E-state index in [1.807, 2.05) is 6.07 Å². The molecular weight excluding hydrogens is 460 g/mol. The molecule has 11 nitrogen and oxygen atoms in total. The summed E-state index contributed by atoms with van der Waals surface area (Å²) in [5, 5.41) is 18.0. The summed E-state index contributed by atoms with van der Waals surface area (Å²) in [6, 6.07) is 14.1. The molecule has 2 amide bonds. The lowest BCUT2D eigenvalue weighted by Crippen LogP contribution is -2.24. The number of benzene rings is 2. The minimum Gasteiger partial charge on any atom is -0.497 e. The smallest absolute Gasteiger partial charge is 0.255 e. The molecule has 0 aliphatic carbocycles. The first-order valence-corrected chi connectivity index (χ1v) is 11.5. The lowest BCUT2D eigenvalue weighted by molar-refractivity contribution is -0.116. The molecule has 0 aliphatic rings. The summed E-state index contributed by atoms with van der Waals surface area (Å²) in [6.07, 6.45) is 2.95. The number of ether oxygens (including phenoxy) is 1. The maximum atomic E-state index is 12.5. The highest BCUT2D eigenvalue weighted by molar-refractivity contribution is 7.89. The Labute approximate surface area is 196 Å². The third-order valence-electron chi connectivity index (χ3n) is 4.53. The SMILES string of the molecule is COc1ccc(NC(=O)Cn2cc(NC(=O)c3ccc(S(=O)(=O)NCCC#N)cc3)cn2)cc1. The number of nitrogens with zero attached hydrogens (tertiary/aromatic N) is 3. The number of rotatable bonds is 10. The second kappa shape index (κ2) is 11.1. The molecule has 0 bridgehead atoms. The van der Waals surface area contributed by atoms with Crippen molar-refractivity contribution in [2.45, 2.75) is 17.9 Å². The topological polar surface area (TPSA) is 155 Å². The second-order valence-electron chi connectivity index (χ2n) is 6.99. The lowest BCUT2D eigenvalue weighted by Gasteiger charge is -2.07. The van der Waals surface area contributed by atoms with Gasteiger partial charge in [0.25, 0.3) is 5.91 Å². The number of hydrogen-bond acceptors (Lipinski definition) is 7. The molecule has 12 heteroatoms. The number of aromatic nitrogens is 2. The highest BCUT2D eigenvalue weighted by Crippen LogP contribution is 2.16. The van der Waals surface area contributed by atoms with Gasteiger partial charge in [0.1, 0.15) is 12.3 Å². The molecule has 2 aromatic carbocycles. The summed E-state index contributed by atoms with van der Waals surface area (Å²) in [4.78, 5) is 24.7. The van der Waals surface area contributed by atoms with Gasteiger partial charge in [0, 0.05) is 30.4 Å². The average molecular weight is 483 g/mol. The van der Waals surface area contributed by atoms with Crippen molar-refractivity contribution in [3.63, 3.8) is 0 Å². The number of nitriles is 1. The Morgan fingerprint density at radius 3 is 2.41 bits per heavy atom. The van der Waals surface area contributed by atoms with E-state index in [-0.39, 0.29) is 35.9 Å². The van der Waals surface area contributed by atoms with Crippen LogP contribution in [0.25, 0.3) is 0 Å². The van der Waals surface area contributed by atoms with Crippen LogP contribution in [0.2, 0.25) is 0 Å². The summed E-state index contributed by atoms with van der Waals surface area (Å²) < 4.78 is 33.0. The van der Waals surface area contributed by atoms with Gasteiger partial charge >= 0.3 is 0 Å². The zero-order valence-corrected chi connectivity index (χ0v) is 19.0. The zero-order chi connectivity index (χ0) is 24.6. The van der Waals surface area contributed by atoms with Gasteiger partial charge < -0.3 is 15.4 Å². The molecule has 0 unspecified atom stereocenters. The third-order valence-corrected chi connectivity index (χ3v) is 6.00. The van der Waals surface area contributed by atoms with Crippen LogP contribution in [0.4, 0.5) is 11.4 Å². The number of carbonyl (C=O) groups excluding carboxylic acids is 2. The van der Waals surface area contributed by atoms with Crippen molar-refractivity contribution in [3.05, 3.63) is 66.5 Å². The summed E-state index contributed by atoms with van der Waals surface area (Å²) in [6.45, 7) is -0.0591. The van der Waals surface area contributed by atoms with Crippen LogP contribution in [0.1, 0.15) is 16.8 Å². The molecule has 1 aromatic heterocycles. The number of amides is 2. The van der Waals surface area contributed by atoms with Gasteiger partial charge in [-0.2, -0.15) is 10.4 Å². The summed E-state index contributed by atoms with van der Waals surface area (Å²) in [5.41, 5.74) is 1.22. The van der Waals surface area contributed by atoms with Crippen LogP contribution in [0, 0.1) is 11.3 Å². The Balaban J connectivity index is 1.55. The molecule has 0 spiro atoms. The van der Waals surface area contributed by atoms with Gasteiger partial charge in [-0.1, -0.05) is 0 Å². The van der Waals surface area contributed by atoms with Crippen molar-refractivity contribution in [1.29, 1.82) is 5.26 Å². The molecule has 1 heterocycles. The van der Waals surface area contributed by atoms with Crippen molar-refractivity contribution in [1.82, 2.24) is 14.5 Å². The Morgan fingerprint density at radius 2 is 1.76 bits per heavy atom. The van der Waals surface area contributed by atoms with Crippen LogP contribution in [-0.2, 0) is 21.4 Å². The Bertz CT molecular complexity index is 1290. The number of hydrogen-bond donors (Lipinski definition) is 3. The van der Waals surface area contributed by atoms with Crippen LogP contribution >= 0.6 is 0 Å². The van der Waals surface area contributed by atoms with E-state index in [1.54, 1.807) is 31.4 Å². The van der Waals surface area contributed by atoms with Crippen LogP contribution in [0.15, 0.2) is 65.8 Å². The molecule has 0 aliphatic heterocycles. The molecule has 34 heavy (non-hydrogen) atoms. The fourth-order valence-electron chi connectivity index (χ4n) is 2.85. The fourth-order valence-corrected chi connectivity index (χ4v) is 3.88. The molecule has 3 aromatic rings. The van der Waals surface area contributed by atoms with Gasteiger partial charge in [0.05, 0.1) is 30.0 Å². The van der Waals surface area contributed by atoms with Crippen molar-refractivity contribution >= 4 is 33.2 Å². The van der Waals surface area contributed by atoms with Crippen LogP contribution in [0.3, 0.4) is 0 Å². The molecule has 0 fully saturated rings.